The van der Waals surface area contributed by atoms with Crippen molar-refractivity contribution in [1.29, 1.82) is 0 Å². The fourth-order valence-electron chi connectivity index (χ4n) is 3.51. The number of fused-ring (bicyclic) bond motifs is 8. The Balaban J connectivity index is 0.000000234. The maximum atomic E-state index is 4.93. The number of benzene rings is 1. The van der Waals surface area contributed by atoms with Gasteiger partial charge in [0.2, 0.25) is 0 Å². The second-order valence-corrected chi connectivity index (χ2v) is 8.14. The van der Waals surface area contributed by atoms with Crippen molar-refractivity contribution in [2.45, 2.75) is 0 Å². The van der Waals surface area contributed by atoms with Crippen LogP contribution in [0, 0.1) is 0 Å². The number of hydrogen-bond donors (Lipinski definition) is 2. The Morgan fingerprint density at radius 3 is 1.26 bits per heavy atom. The maximum Gasteiger partial charge on any atom is -1.00 e. The molecule has 7 heteroatoms. The Morgan fingerprint density at radius 1 is 0.588 bits per heavy atom. The van der Waals surface area contributed by atoms with Crippen molar-refractivity contribution < 1.29 is 32.9 Å². The van der Waals surface area contributed by atoms with E-state index in [0.29, 0.717) is 0 Å². The monoisotopic (exact) mass is 511 g/mol. The summed E-state index contributed by atoms with van der Waals surface area (Å²) in [5.41, 5.74) is 7.86. The molecule has 0 spiro atoms. The molecule has 4 aromatic rings. The summed E-state index contributed by atoms with van der Waals surface area (Å²) in [6.07, 6.45) is 8.09. The van der Waals surface area contributed by atoms with Crippen molar-refractivity contribution in [2.75, 3.05) is 7.11 Å². The van der Waals surface area contributed by atoms with E-state index in [2.05, 4.69) is 59.9 Å². The molecule has 0 fully saturated rings. The van der Waals surface area contributed by atoms with Crippen LogP contribution in [-0.2, 0) is 15.7 Å². The third-order valence-electron chi connectivity index (χ3n) is 5.08. The fraction of sp³-hybridized carbons (Fsp3) is 0.0370. The number of halogens is 1. The van der Waals surface area contributed by atoms with E-state index in [1.807, 2.05) is 72.8 Å². The van der Waals surface area contributed by atoms with Crippen molar-refractivity contribution in [3.05, 3.63) is 95.6 Å². The van der Waals surface area contributed by atoms with Crippen molar-refractivity contribution in [1.82, 2.24) is 19.9 Å². The van der Waals surface area contributed by atoms with E-state index >= 15 is 0 Å². The van der Waals surface area contributed by atoms with Gasteiger partial charge in [0.15, 0.2) is 0 Å². The molecular weight excluding hydrogens is 491 g/mol. The van der Waals surface area contributed by atoms with Crippen LogP contribution in [0.15, 0.2) is 72.8 Å². The molecular formula is C27H21ClCoN4O. The van der Waals surface area contributed by atoms with Crippen LogP contribution in [-0.4, -0.2) is 27.0 Å². The van der Waals surface area contributed by atoms with Crippen molar-refractivity contribution in [3.8, 4) is 5.75 Å². The molecule has 2 aliphatic heterocycles. The van der Waals surface area contributed by atoms with Gasteiger partial charge in [0.1, 0.15) is 0 Å². The number of aromatic amines is 2. The first-order valence-corrected chi connectivity index (χ1v) is 11.0. The van der Waals surface area contributed by atoms with Crippen LogP contribution in [0.4, 0.5) is 0 Å². The van der Waals surface area contributed by atoms with Crippen LogP contribution in [0.2, 0.25) is 0 Å². The van der Waals surface area contributed by atoms with E-state index < -0.39 is 0 Å². The first kappa shape index (κ1) is 23.6. The molecule has 8 bridgehead atoms. The van der Waals surface area contributed by atoms with Crippen LogP contribution >= 0.6 is 0 Å². The quantitative estimate of drug-likeness (QED) is 0.357. The zero-order valence-corrected chi connectivity index (χ0v) is 20.0. The van der Waals surface area contributed by atoms with Gasteiger partial charge in [0, 0.05) is 22.1 Å². The van der Waals surface area contributed by atoms with Gasteiger partial charge in [-0.2, -0.15) is 0 Å². The van der Waals surface area contributed by atoms with E-state index in [-0.39, 0.29) is 12.4 Å². The molecule has 0 unspecified atom stereocenters. The van der Waals surface area contributed by atoms with Crippen molar-refractivity contribution in [3.63, 3.8) is 0 Å². The van der Waals surface area contributed by atoms with E-state index in [0.717, 1.165) is 55.1 Å². The molecule has 0 radical (unpaired) electrons. The number of nitrogens with one attached hydrogen (secondary N) is 2. The Labute approximate surface area is 211 Å². The first-order chi connectivity index (χ1) is 16.1. The van der Waals surface area contributed by atoms with Gasteiger partial charge in [0.25, 0.3) is 0 Å². The molecule has 34 heavy (non-hydrogen) atoms. The summed E-state index contributed by atoms with van der Waals surface area (Å²) < 4.78 is 5.88. The molecule has 5 nitrogen and oxygen atoms in total. The van der Waals surface area contributed by atoms with Gasteiger partial charge in [-0.25, -0.2) is 9.97 Å². The Bertz CT molecular complexity index is 1340. The molecule has 171 valence electrons. The molecule has 2 aliphatic rings. The molecule has 1 aromatic carbocycles. The molecule has 2 N–H and O–H groups in total. The first-order valence-electron chi connectivity index (χ1n) is 10.4. The average Bonchev–Trinajstić information content (AvgIpc) is 3.61. The molecule has 0 atom stereocenters. The van der Waals surface area contributed by atoms with E-state index in [4.69, 9.17) is 4.74 Å². The standard InChI is InChI=1S/C20H14N4.C7H7O.ClH.Co/c1-2-14-10-16-5-6-18(23-16)12-20-8-7-19(24-20)11-17-4-3-15(22-17)9-13(1)21-14;1-8-7-5-3-2-4-6-7;;/h1-12,21,24H;3-6H,1H3;1H;/q;;;+1/p-1. The summed E-state index contributed by atoms with van der Waals surface area (Å²) in [5, 5.41) is 0. The average molecular weight is 512 g/mol. The van der Waals surface area contributed by atoms with Gasteiger partial charge in [-0.15, -0.1) is 0 Å². The maximum absolute atomic E-state index is 4.93. The van der Waals surface area contributed by atoms with E-state index in [1.54, 1.807) is 7.11 Å². The second-order valence-electron chi connectivity index (χ2n) is 7.54. The van der Waals surface area contributed by atoms with E-state index in [9.17, 15) is 0 Å². The zero-order chi connectivity index (χ0) is 22.6. The van der Waals surface area contributed by atoms with Gasteiger partial charge < -0.3 is 22.4 Å². The van der Waals surface area contributed by atoms with Crippen LogP contribution in [0.3, 0.4) is 0 Å². The third-order valence-corrected chi connectivity index (χ3v) is 5.42. The largest absolute Gasteiger partial charge is 1.00 e. The van der Waals surface area contributed by atoms with Gasteiger partial charge in [-0.3, -0.25) is 0 Å². The van der Waals surface area contributed by atoms with Crippen LogP contribution in [0.25, 0.3) is 46.4 Å². The van der Waals surface area contributed by atoms with Crippen LogP contribution in [0.5, 0.6) is 5.75 Å². The smallest absolute Gasteiger partial charge is 1.00 e. The van der Waals surface area contributed by atoms with Gasteiger partial charge in [-0.05, 0) is 72.8 Å². The van der Waals surface area contributed by atoms with Gasteiger partial charge in [-0.1, -0.05) is 0 Å². The predicted molar refractivity (Wildman–Crippen MR) is 131 cm³/mol. The summed E-state index contributed by atoms with van der Waals surface area (Å²) in [6, 6.07) is 23.9. The summed E-state index contributed by atoms with van der Waals surface area (Å²) >= 11 is 4.16. The molecule has 0 aliphatic carbocycles. The molecule has 6 rings (SSSR count). The number of nitrogens with zero attached hydrogens (tertiary/aromatic N) is 2. The summed E-state index contributed by atoms with van der Waals surface area (Å²) in [5.74, 6) is 0.867. The molecule has 0 amide bonds. The number of H-pyrrole nitrogens is 2. The summed E-state index contributed by atoms with van der Waals surface area (Å²) in [4.78, 5) is 16.0. The Hall–Kier alpha value is -3.58. The Morgan fingerprint density at radius 2 is 0.941 bits per heavy atom. The molecule has 5 heterocycles. The topological polar surface area (TPSA) is 66.6 Å². The van der Waals surface area contributed by atoms with Crippen LogP contribution < -0.4 is 21.6 Å². The molecule has 3 aromatic heterocycles. The fourth-order valence-corrected chi connectivity index (χ4v) is 3.68. The Kier molecular flexibility index (Phi) is 7.32. The van der Waals surface area contributed by atoms with E-state index in [1.165, 1.54) is 0 Å². The number of aromatic nitrogens is 4. The second kappa shape index (κ2) is 10.6. The van der Waals surface area contributed by atoms with Gasteiger partial charge >= 0.3 is 62.1 Å². The summed E-state index contributed by atoms with van der Waals surface area (Å²) in [7, 11) is 1.65. The number of rotatable bonds is 1. The predicted octanol–water partition coefficient (Wildman–Crippen LogP) is 2.53. The minimum Gasteiger partial charge on any atom is -1.00 e. The van der Waals surface area contributed by atoms with Crippen molar-refractivity contribution >= 4 is 50.9 Å². The minimum absolute atomic E-state index is 0. The molecule has 0 saturated carbocycles. The number of ether oxygens (including phenoxy) is 1. The summed E-state index contributed by atoms with van der Waals surface area (Å²) in [6.45, 7) is 0. The van der Waals surface area contributed by atoms with Gasteiger partial charge in [0.05, 0.1) is 22.8 Å². The molecule has 0 saturated heterocycles. The number of methoxy groups -OCH3 is 1. The minimum atomic E-state index is 0. The van der Waals surface area contributed by atoms with Crippen molar-refractivity contribution in [2.24, 2.45) is 0 Å². The third kappa shape index (κ3) is 5.85. The van der Waals surface area contributed by atoms with Crippen LogP contribution in [0.1, 0.15) is 22.8 Å². The number of hydrogen-bond acceptors (Lipinski definition) is 3. The normalized spacial score (nSPS) is 11.4. The SMILES string of the molecule is C1=Cc2cc3ccc(cc4nc(cc5ccc(cc1n2)[nH]5)C=C4)[nH]3.COc1cc[c]([Co+])cc1.[Cl-]. The zero-order valence-electron chi connectivity index (χ0n) is 18.3.